The van der Waals surface area contributed by atoms with Gasteiger partial charge in [-0.2, -0.15) is 0 Å². The molecule has 0 aliphatic carbocycles. The first-order valence-electron chi connectivity index (χ1n) is 11.6. The zero-order valence-electron chi connectivity index (χ0n) is 21.7. The molecule has 0 unspecified atom stereocenters. The Morgan fingerprint density at radius 2 is 1.16 bits per heavy atom. The first-order chi connectivity index (χ1) is 17.3. The van der Waals surface area contributed by atoms with E-state index < -0.39 is 34.0 Å². The number of rotatable bonds is 5. The number of aromatic nitrogens is 1. The van der Waals surface area contributed by atoms with Gasteiger partial charge in [0.2, 0.25) is 5.82 Å². The van der Waals surface area contributed by atoms with Crippen LogP contribution >= 0.6 is 0 Å². The van der Waals surface area contributed by atoms with Crippen molar-refractivity contribution in [3.8, 4) is 0 Å². The molecular formula is C27H30N4O6. The first kappa shape index (κ1) is 27.1. The first-order valence-corrected chi connectivity index (χ1v) is 11.6. The number of amides is 2. The molecule has 0 bridgehead atoms. The standard InChI is InChI=1S/C27H30N4O6/c1-26(2,3)36-24(32)29(19-13-9-7-10-14-19)22-18-17-21(31(34)35)23(28-22)30(20-15-11-8-12-16-20)25(33)37-27(4,5)6/h7-18H,1-6H3. The van der Waals surface area contributed by atoms with Crippen molar-refractivity contribution in [3.05, 3.63) is 82.9 Å². The number of anilines is 4. The lowest BCUT2D eigenvalue weighted by molar-refractivity contribution is -0.384. The van der Waals surface area contributed by atoms with Gasteiger partial charge < -0.3 is 9.47 Å². The third kappa shape index (κ3) is 7.03. The van der Waals surface area contributed by atoms with E-state index in [1.807, 2.05) is 0 Å². The molecule has 0 aliphatic rings. The summed E-state index contributed by atoms with van der Waals surface area (Å²) in [6.45, 7) is 10.2. The van der Waals surface area contributed by atoms with E-state index in [4.69, 9.17) is 9.47 Å². The summed E-state index contributed by atoms with van der Waals surface area (Å²) in [6.07, 6.45) is -1.61. The van der Waals surface area contributed by atoms with Crippen molar-refractivity contribution in [2.75, 3.05) is 9.80 Å². The predicted octanol–water partition coefficient (Wildman–Crippen LogP) is 7.14. The van der Waals surface area contributed by atoms with Gasteiger partial charge in [0.1, 0.15) is 17.0 Å². The van der Waals surface area contributed by atoms with Crippen LogP contribution < -0.4 is 9.80 Å². The van der Waals surface area contributed by atoms with Crippen molar-refractivity contribution in [1.82, 2.24) is 4.98 Å². The molecule has 0 spiro atoms. The molecule has 0 aliphatic heterocycles. The second-order valence-electron chi connectivity index (χ2n) is 10.1. The Bertz CT molecular complexity index is 1270. The van der Waals surface area contributed by atoms with E-state index in [-0.39, 0.29) is 11.6 Å². The lowest BCUT2D eigenvalue weighted by Gasteiger charge is -2.29. The molecule has 10 nitrogen and oxygen atoms in total. The zero-order valence-corrected chi connectivity index (χ0v) is 21.7. The van der Waals surface area contributed by atoms with E-state index in [9.17, 15) is 19.7 Å². The van der Waals surface area contributed by atoms with Crippen LogP contribution in [0.15, 0.2) is 72.8 Å². The second kappa shape index (κ2) is 10.7. The van der Waals surface area contributed by atoms with Crippen LogP contribution in [0.5, 0.6) is 0 Å². The maximum absolute atomic E-state index is 13.3. The van der Waals surface area contributed by atoms with Crippen LogP contribution in [0.1, 0.15) is 41.5 Å². The Morgan fingerprint density at radius 1 is 0.730 bits per heavy atom. The number of hydrogen-bond donors (Lipinski definition) is 0. The van der Waals surface area contributed by atoms with Crippen LogP contribution in [0.3, 0.4) is 0 Å². The molecule has 3 aromatic rings. The summed E-state index contributed by atoms with van der Waals surface area (Å²) in [5, 5.41) is 12.0. The van der Waals surface area contributed by atoms with Gasteiger partial charge in [-0.05, 0) is 71.9 Å². The molecule has 1 aromatic heterocycles. The van der Waals surface area contributed by atoms with Crippen molar-refractivity contribution in [3.63, 3.8) is 0 Å². The molecule has 0 N–H and O–H groups in total. The highest BCUT2D eigenvalue weighted by Crippen LogP contribution is 2.37. The van der Waals surface area contributed by atoms with Gasteiger partial charge in [-0.3, -0.25) is 10.1 Å². The number of hydrogen-bond acceptors (Lipinski definition) is 7. The summed E-state index contributed by atoms with van der Waals surface area (Å²) < 4.78 is 11.2. The summed E-state index contributed by atoms with van der Waals surface area (Å²) >= 11 is 0. The predicted molar refractivity (Wildman–Crippen MR) is 141 cm³/mol. The van der Waals surface area contributed by atoms with Gasteiger partial charge in [0.15, 0.2) is 0 Å². The molecule has 37 heavy (non-hydrogen) atoms. The average molecular weight is 507 g/mol. The zero-order chi connectivity index (χ0) is 27.4. The van der Waals surface area contributed by atoms with Gasteiger partial charge in [0, 0.05) is 6.07 Å². The summed E-state index contributed by atoms with van der Waals surface area (Å²) in [5.41, 5.74) is -1.43. The molecule has 10 heteroatoms. The number of ether oxygens (including phenoxy) is 2. The summed E-state index contributed by atoms with van der Waals surface area (Å²) in [7, 11) is 0. The fourth-order valence-corrected chi connectivity index (χ4v) is 3.28. The molecule has 2 amide bonds. The highest BCUT2D eigenvalue weighted by Gasteiger charge is 2.34. The largest absolute Gasteiger partial charge is 0.443 e. The minimum absolute atomic E-state index is 0.0190. The summed E-state index contributed by atoms with van der Waals surface area (Å²) in [6, 6.07) is 19.4. The van der Waals surface area contributed by atoms with Crippen LogP contribution in [-0.2, 0) is 9.47 Å². The second-order valence-corrected chi connectivity index (χ2v) is 10.1. The van der Waals surface area contributed by atoms with Crippen LogP contribution in [0.4, 0.5) is 38.3 Å². The number of carbonyl (C=O) groups is 2. The Kier molecular flexibility index (Phi) is 7.81. The lowest BCUT2D eigenvalue weighted by Crippen LogP contribution is -2.36. The fraction of sp³-hybridized carbons (Fsp3) is 0.296. The van der Waals surface area contributed by atoms with E-state index in [2.05, 4.69) is 4.98 Å². The van der Waals surface area contributed by atoms with Gasteiger partial charge >= 0.3 is 17.9 Å². The molecular weight excluding hydrogens is 476 g/mol. The third-order valence-corrected chi connectivity index (χ3v) is 4.66. The van der Waals surface area contributed by atoms with Crippen molar-refractivity contribution in [1.29, 1.82) is 0 Å². The number of benzene rings is 2. The molecule has 0 atom stereocenters. The summed E-state index contributed by atoms with van der Waals surface area (Å²) in [5.74, 6) is -0.294. The fourth-order valence-electron chi connectivity index (χ4n) is 3.28. The van der Waals surface area contributed by atoms with Crippen LogP contribution in [0, 0.1) is 10.1 Å². The van der Waals surface area contributed by atoms with E-state index >= 15 is 0 Å². The normalized spacial score (nSPS) is 11.4. The molecule has 3 rings (SSSR count). The van der Waals surface area contributed by atoms with Gasteiger partial charge in [-0.15, -0.1) is 0 Å². The monoisotopic (exact) mass is 506 g/mol. The van der Waals surface area contributed by atoms with Crippen molar-refractivity contribution < 1.29 is 24.0 Å². The van der Waals surface area contributed by atoms with Crippen LogP contribution in [0.2, 0.25) is 0 Å². The Morgan fingerprint density at radius 3 is 1.59 bits per heavy atom. The lowest BCUT2D eigenvalue weighted by atomic mass is 10.2. The molecule has 194 valence electrons. The number of pyridine rings is 1. The Balaban J connectivity index is 2.25. The van der Waals surface area contributed by atoms with E-state index in [1.165, 1.54) is 17.0 Å². The number of para-hydroxylation sites is 2. The van der Waals surface area contributed by atoms with Gasteiger partial charge in [0.25, 0.3) is 0 Å². The van der Waals surface area contributed by atoms with Gasteiger partial charge in [0.05, 0.1) is 16.3 Å². The minimum Gasteiger partial charge on any atom is -0.443 e. The molecule has 0 saturated carbocycles. The maximum atomic E-state index is 13.3. The summed E-state index contributed by atoms with van der Waals surface area (Å²) in [4.78, 5) is 44.7. The van der Waals surface area contributed by atoms with Crippen molar-refractivity contribution in [2.24, 2.45) is 0 Å². The maximum Gasteiger partial charge on any atom is 0.420 e. The number of nitro groups is 1. The molecule has 0 fully saturated rings. The Labute approximate surface area is 215 Å². The van der Waals surface area contributed by atoms with E-state index in [0.29, 0.717) is 11.4 Å². The van der Waals surface area contributed by atoms with Crippen LogP contribution in [0.25, 0.3) is 0 Å². The number of carbonyl (C=O) groups excluding carboxylic acids is 2. The van der Waals surface area contributed by atoms with Crippen LogP contribution in [-0.4, -0.2) is 33.3 Å². The molecule has 1 heterocycles. The van der Waals surface area contributed by atoms with Crippen molar-refractivity contribution in [2.45, 2.75) is 52.7 Å². The van der Waals surface area contributed by atoms with Crippen molar-refractivity contribution >= 4 is 40.9 Å². The van der Waals surface area contributed by atoms with E-state index in [0.717, 1.165) is 4.90 Å². The molecule has 2 aromatic carbocycles. The van der Waals surface area contributed by atoms with E-state index in [1.54, 1.807) is 102 Å². The van der Waals surface area contributed by atoms with Gasteiger partial charge in [-0.1, -0.05) is 36.4 Å². The highest BCUT2D eigenvalue weighted by molar-refractivity contribution is 5.99. The number of nitrogens with zero attached hydrogens (tertiary/aromatic N) is 4. The topological polar surface area (TPSA) is 115 Å². The Hall–Kier alpha value is -4.47. The SMILES string of the molecule is CC(C)(C)OC(=O)N(c1ccccc1)c1ccc([N+](=O)[O-])c(N(C(=O)OC(C)(C)C)c2ccccc2)n1. The highest BCUT2D eigenvalue weighted by atomic mass is 16.6. The minimum atomic E-state index is -0.886. The van der Waals surface area contributed by atoms with Gasteiger partial charge in [-0.25, -0.2) is 24.4 Å². The molecule has 0 radical (unpaired) electrons. The quantitative estimate of drug-likeness (QED) is 0.267. The average Bonchev–Trinajstić information content (AvgIpc) is 2.78. The molecule has 0 saturated heterocycles. The smallest absolute Gasteiger partial charge is 0.420 e. The third-order valence-electron chi connectivity index (χ3n) is 4.66.